The molecule has 1 aliphatic rings. The highest BCUT2D eigenvalue weighted by molar-refractivity contribution is 7.80. The SMILES string of the molecule is CC(C1=NC(C)(C(C)C)C(=S)N1)=C(C(=O)O)c1ccccc1. The average molecular weight is 316 g/mol. The average Bonchev–Trinajstić information content (AvgIpc) is 2.77. The van der Waals surface area contributed by atoms with Crippen LogP contribution in [0.15, 0.2) is 40.9 Å². The van der Waals surface area contributed by atoms with E-state index in [2.05, 4.69) is 24.2 Å². The summed E-state index contributed by atoms with van der Waals surface area (Å²) in [4.78, 5) is 17.0. The molecule has 0 bridgehead atoms. The van der Waals surface area contributed by atoms with E-state index < -0.39 is 11.5 Å². The minimum atomic E-state index is -0.975. The number of amidine groups is 1. The number of carbonyl (C=O) groups is 1. The van der Waals surface area contributed by atoms with E-state index >= 15 is 0 Å². The van der Waals surface area contributed by atoms with Gasteiger partial charge in [0.1, 0.15) is 16.4 Å². The highest BCUT2D eigenvalue weighted by atomic mass is 32.1. The topological polar surface area (TPSA) is 61.7 Å². The van der Waals surface area contributed by atoms with E-state index in [1.807, 2.05) is 25.1 Å². The first kappa shape index (κ1) is 16.4. The Morgan fingerprint density at radius 1 is 1.32 bits per heavy atom. The summed E-state index contributed by atoms with van der Waals surface area (Å²) in [5, 5.41) is 12.7. The van der Waals surface area contributed by atoms with Gasteiger partial charge in [-0.2, -0.15) is 0 Å². The molecule has 5 heteroatoms. The number of carboxylic acids is 1. The van der Waals surface area contributed by atoms with Gasteiger partial charge in [-0.25, -0.2) is 4.79 Å². The Labute approximate surface area is 136 Å². The van der Waals surface area contributed by atoms with E-state index in [1.165, 1.54) is 0 Å². The molecule has 116 valence electrons. The van der Waals surface area contributed by atoms with Crippen LogP contribution in [-0.2, 0) is 4.79 Å². The van der Waals surface area contributed by atoms with Gasteiger partial charge in [0.05, 0.1) is 5.57 Å². The molecule has 0 aromatic heterocycles. The zero-order valence-electron chi connectivity index (χ0n) is 13.2. The molecule has 0 fully saturated rings. The predicted octanol–water partition coefficient (Wildman–Crippen LogP) is 3.29. The molecule has 0 radical (unpaired) electrons. The van der Waals surface area contributed by atoms with Crippen molar-refractivity contribution < 1.29 is 9.90 Å². The number of hydrogen-bond donors (Lipinski definition) is 2. The van der Waals surface area contributed by atoms with Gasteiger partial charge in [0.15, 0.2) is 0 Å². The summed E-state index contributed by atoms with van der Waals surface area (Å²) in [5.41, 5.74) is 0.987. The molecular formula is C17H20N2O2S. The van der Waals surface area contributed by atoms with Crippen LogP contribution in [0.25, 0.3) is 5.57 Å². The highest BCUT2D eigenvalue weighted by Crippen LogP contribution is 2.29. The number of hydrogen-bond acceptors (Lipinski definition) is 3. The lowest BCUT2D eigenvalue weighted by molar-refractivity contribution is -0.130. The molecule has 2 rings (SSSR count). The fourth-order valence-corrected chi connectivity index (χ4v) is 2.72. The summed E-state index contributed by atoms with van der Waals surface area (Å²) in [5.74, 6) is -0.206. The molecule has 1 aromatic rings. The smallest absolute Gasteiger partial charge is 0.336 e. The van der Waals surface area contributed by atoms with E-state index in [0.29, 0.717) is 22.0 Å². The second-order valence-corrected chi connectivity index (χ2v) is 6.30. The monoisotopic (exact) mass is 316 g/mol. The van der Waals surface area contributed by atoms with Gasteiger partial charge in [0, 0.05) is 5.57 Å². The lowest BCUT2D eigenvalue weighted by Crippen LogP contribution is -2.39. The van der Waals surface area contributed by atoms with Crippen LogP contribution in [0.3, 0.4) is 0 Å². The number of nitrogens with one attached hydrogen (secondary N) is 1. The Morgan fingerprint density at radius 2 is 1.91 bits per heavy atom. The normalized spacial score (nSPS) is 22.2. The molecule has 4 nitrogen and oxygen atoms in total. The number of carboxylic acid groups (broad SMARTS) is 1. The van der Waals surface area contributed by atoms with Crippen molar-refractivity contribution in [1.82, 2.24) is 5.32 Å². The minimum Gasteiger partial charge on any atom is -0.478 e. The summed E-state index contributed by atoms with van der Waals surface area (Å²) in [6, 6.07) is 9.05. The Bertz CT molecular complexity index is 677. The lowest BCUT2D eigenvalue weighted by atomic mass is 9.90. The van der Waals surface area contributed by atoms with Crippen molar-refractivity contribution in [2.75, 3.05) is 0 Å². The zero-order chi connectivity index (χ0) is 16.5. The van der Waals surface area contributed by atoms with Crippen LogP contribution in [0.2, 0.25) is 0 Å². The van der Waals surface area contributed by atoms with Crippen molar-refractivity contribution in [2.45, 2.75) is 33.2 Å². The number of aliphatic carboxylic acids is 1. The lowest BCUT2D eigenvalue weighted by Gasteiger charge is -2.24. The maximum atomic E-state index is 11.7. The summed E-state index contributed by atoms with van der Waals surface area (Å²) in [7, 11) is 0. The number of benzene rings is 1. The molecule has 0 saturated heterocycles. The summed E-state index contributed by atoms with van der Waals surface area (Å²) >= 11 is 5.40. The van der Waals surface area contributed by atoms with Crippen molar-refractivity contribution >= 4 is 34.6 Å². The van der Waals surface area contributed by atoms with Gasteiger partial charge in [-0.05, 0) is 25.3 Å². The van der Waals surface area contributed by atoms with Crippen molar-refractivity contribution in [3.63, 3.8) is 0 Å². The highest BCUT2D eigenvalue weighted by Gasteiger charge is 2.39. The fraction of sp³-hybridized carbons (Fsp3) is 0.353. The molecule has 2 N–H and O–H groups in total. The van der Waals surface area contributed by atoms with Crippen LogP contribution in [0.5, 0.6) is 0 Å². The van der Waals surface area contributed by atoms with Crippen LogP contribution in [0.4, 0.5) is 0 Å². The molecule has 0 spiro atoms. The van der Waals surface area contributed by atoms with Gasteiger partial charge in [-0.1, -0.05) is 56.4 Å². The van der Waals surface area contributed by atoms with Crippen LogP contribution >= 0.6 is 12.2 Å². The molecule has 1 aromatic carbocycles. The number of rotatable bonds is 4. The molecule has 1 atom stereocenters. The van der Waals surface area contributed by atoms with Crippen LogP contribution in [0.1, 0.15) is 33.3 Å². The Kier molecular flexibility index (Phi) is 4.47. The standard InChI is InChI=1S/C17H20N2O2S/c1-10(2)17(4)16(22)18-14(19-17)11(3)13(15(20)21)12-8-6-5-7-9-12/h5-10H,1-4H3,(H,20,21)(H,18,19,22). The molecule has 1 unspecified atom stereocenters. The van der Waals surface area contributed by atoms with E-state index in [-0.39, 0.29) is 11.5 Å². The Hall–Kier alpha value is -2.01. The minimum absolute atomic E-state index is 0.225. The molecule has 22 heavy (non-hydrogen) atoms. The van der Waals surface area contributed by atoms with Crippen molar-refractivity contribution in [1.29, 1.82) is 0 Å². The van der Waals surface area contributed by atoms with Crippen LogP contribution in [-0.4, -0.2) is 27.4 Å². The van der Waals surface area contributed by atoms with E-state index in [4.69, 9.17) is 12.2 Å². The van der Waals surface area contributed by atoms with E-state index in [1.54, 1.807) is 19.1 Å². The summed E-state index contributed by atoms with van der Waals surface area (Å²) < 4.78 is 0. The number of thiocarbonyl (C=S) groups is 1. The largest absolute Gasteiger partial charge is 0.478 e. The predicted molar refractivity (Wildman–Crippen MR) is 93.1 cm³/mol. The van der Waals surface area contributed by atoms with Gasteiger partial charge >= 0.3 is 5.97 Å². The third-order valence-corrected chi connectivity index (χ3v) is 4.68. The maximum Gasteiger partial charge on any atom is 0.336 e. The Balaban J connectivity index is 2.55. The third kappa shape index (κ3) is 2.81. The number of aliphatic imine (C=N–C) groups is 1. The first-order valence-electron chi connectivity index (χ1n) is 7.18. The van der Waals surface area contributed by atoms with Crippen molar-refractivity contribution in [3.8, 4) is 0 Å². The first-order valence-corrected chi connectivity index (χ1v) is 7.59. The van der Waals surface area contributed by atoms with Crippen molar-refractivity contribution in [3.05, 3.63) is 41.5 Å². The first-order chi connectivity index (χ1) is 10.3. The van der Waals surface area contributed by atoms with E-state index in [0.717, 1.165) is 0 Å². The van der Waals surface area contributed by atoms with Crippen molar-refractivity contribution in [2.24, 2.45) is 10.9 Å². The van der Waals surface area contributed by atoms with Gasteiger partial charge in [0.2, 0.25) is 0 Å². The van der Waals surface area contributed by atoms with Gasteiger partial charge in [-0.15, -0.1) is 0 Å². The van der Waals surface area contributed by atoms with Gasteiger partial charge in [-0.3, -0.25) is 4.99 Å². The summed E-state index contributed by atoms with van der Waals surface area (Å²) in [6.07, 6.45) is 0. The second-order valence-electron chi connectivity index (χ2n) is 5.89. The molecule has 1 heterocycles. The van der Waals surface area contributed by atoms with Crippen LogP contribution in [0, 0.1) is 5.92 Å². The van der Waals surface area contributed by atoms with Gasteiger partial charge in [0.25, 0.3) is 0 Å². The molecular weight excluding hydrogens is 296 g/mol. The Morgan fingerprint density at radius 3 is 2.36 bits per heavy atom. The molecule has 1 aliphatic heterocycles. The fourth-order valence-electron chi connectivity index (χ4n) is 2.34. The zero-order valence-corrected chi connectivity index (χ0v) is 14.0. The maximum absolute atomic E-state index is 11.7. The second kappa shape index (κ2) is 6.01. The molecule has 0 aliphatic carbocycles. The van der Waals surface area contributed by atoms with Gasteiger partial charge < -0.3 is 10.4 Å². The van der Waals surface area contributed by atoms with Crippen LogP contribution < -0.4 is 5.32 Å². The third-order valence-electron chi connectivity index (χ3n) is 4.17. The number of nitrogens with zero attached hydrogens (tertiary/aromatic N) is 1. The quantitative estimate of drug-likeness (QED) is 0.661. The van der Waals surface area contributed by atoms with E-state index in [9.17, 15) is 9.90 Å². The summed E-state index contributed by atoms with van der Waals surface area (Å²) in [6.45, 7) is 7.83. The molecule has 0 saturated carbocycles. The molecule has 0 amide bonds.